The van der Waals surface area contributed by atoms with Crippen molar-refractivity contribution < 1.29 is 28.9 Å². The van der Waals surface area contributed by atoms with Crippen LogP contribution in [0.3, 0.4) is 0 Å². The number of benzene rings is 1. The molecular formula is C18H21N3O6. The lowest BCUT2D eigenvalue weighted by molar-refractivity contribution is -0.141. The van der Waals surface area contributed by atoms with Gasteiger partial charge in [0.1, 0.15) is 12.1 Å². The van der Waals surface area contributed by atoms with E-state index in [1.54, 1.807) is 24.3 Å². The Kier molecular flexibility index (Phi) is 6.93. The maximum Gasteiger partial charge on any atom is 0.308 e. The Morgan fingerprint density at radius 3 is 2.26 bits per heavy atom. The van der Waals surface area contributed by atoms with Crippen LogP contribution in [0.25, 0.3) is 0 Å². The van der Waals surface area contributed by atoms with E-state index >= 15 is 0 Å². The number of amides is 1. The standard InChI is InChI=1S/C18H21N3O6/c1-25-13-7-5-4-6-11(13)8-12(18(23)24)9-19-15(22)14-16(26-2)20-10-21-17(14)27-3/h4-7,10,12H,8-9H2,1-3H3,(H,19,22)(H,23,24). The van der Waals surface area contributed by atoms with Crippen molar-refractivity contribution in [1.29, 1.82) is 0 Å². The van der Waals surface area contributed by atoms with Crippen LogP contribution in [-0.2, 0) is 11.2 Å². The molecule has 0 aliphatic rings. The summed E-state index contributed by atoms with van der Waals surface area (Å²) in [6.45, 7) is -0.104. The van der Waals surface area contributed by atoms with Gasteiger partial charge >= 0.3 is 5.97 Å². The largest absolute Gasteiger partial charge is 0.496 e. The number of carboxylic acid groups (broad SMARTS) is 1. The van der Waals surface area contributed by atoms with Gasteiger partial charge in [-0.15, -0.1) is 0 Å². The van der Waals surface area contributed by atoms with Crippen LogP contribution < -0.4 is 19.5 Å². The SMILES string of the molecule is COc1ccccc1CC(CNC(=O)c1c(OC)ncnc1OC)C(=O)O. The van der Waals surface area contributed by atoms with Crippen molar-refractivity contribution in [3.8, 4) is 17.5 Å². The number of methoxy groups -OCH3 is 3. The quantitative estimate of drug-likeness (QED) is 0.670. The molecule has 0 radical (unpaired) electrons. The molecule has 1 aromatic heterocycles. The summed E-state index contributed by atoms with van der Waals surface area (Å²) < 4.78 is 15.4. The number of carbonyl (C=O) groups is 2. The van der Waals surface area contributed by atoms with Gasteiger partial charge in [-0.3, -0.25) is 9.59 Å². The second kappa shape index (κ2) is 9.37. The smallest absolute Gasteiger partial charge is 0.308 e. The van der Waals surface area contributed by atoms with Crippen molar-refractivity contribution in [2.75, 3.05) is 27.9 Å². The first-order valence-corrected chi connectivity index (χ1v) is 8.07. The average Bonchev–Trinajstić information content (AvgIpc) is 2.70. The van der Waals surface area contributed by atoms with Crippen LogP contribution in [0.15, 0.2) is 30.6 Å². The van der Waals surface area contributed by atoms with E-state index in [2.05, 4.69) is 15.3 Å². The summed E-state index contributed by atoms with van der Waals surface area (Å²) in [7, 11) is 4.24. The summed E-state index contributed by atoms with van der Waals surface area (Å²) in [5.41, 5.74) is 0.740. The summed E-state index contributed by atoms with van der Waals surface area (Å²) in [6.07, 6.45) is 1.40. The summed E-state index contributed by atoms with van der Waals surface area (Å²) >= 11 is 0. The van der Waals surface area contributed by atoms with Gasteiger partial charge in [0.25, 0.3) is 5.91 Å². The number of para-hydroxylation sites is 1. The van der Waals surface area contributed by atoms with Gasteiger partial charge in [0, 0.05) is 6.54 Å². The minimum absolute atomic E-state index is 0.00364. The van der Waals surface area contributed by atoms with E-state index in [1.807, 2.05) is 0 Å². The summed E-state index contributed by atoms with van der Waals surface area (Å²) in [5, 5.41) is 12.1. The Balaban J connectivity index is 2.15. The lowest BCUT2D eigenvalue weighted by atomic mass is 9.98. The molecule has 0 spiro atoms. The van der Waals surface area contributed by atoms with Crippen molar-refractivity contribution in [2.45, 2.75) is 6.42 Å². The number of rotatable bonds is 9. The van der Waals surface area contributed by atoms with Crippen molar-refractivity contribution in [3.63, 3.8) is 0 Å². The van der Waals surface area contributed by atoms with Crippen LogP contribution in [-0.4, -0.2) is 54.8 Å². The van der Waals surface area contributed by atoms with E-state index in [0.717, 1.165) is 5.56 Å². The van der Waals surface area contributed by atoms with E-state index in [1.165, 1.54) is 27.7 Å². The average molecular weight is 375 g/mol. The lowest BCUT2D eigenvalue weighted by Crippen LogP contribution is -2.34. The van der Waals surface area contributed by atoms with Gasteiger partial charge in [0.05, 0.1) is 27.2 Å². The first-order chi connectivity index (χ1) is 13.0. The molecule has 9 heteroatoms. The second-order valence-electron chi connectivity index (χ2n) is 5.53. The molecule has 0 saturated carbocycles. The van der Waals surface area contributed by atoms with Gasteiger partial charge in [-0.25, -0.2) is 9.97 Å². The second-order valence-corrected chi connectivity index (χ2v) is 5.53. The van der Waals surface area contributed by atoms with Crippen LogP contribution in [0.5, 0.6) is 17.5 Å². The molecule has 2 N–H and O–H groups in total. The molecule has 1 aromatic carbocycles. The fourth-order valence-electron chi connectivity index (χ4n) is 2.55. The monoisotopic (exact) mass is 375 g/mol. The molecule has 1 amide bonds. The lowest BCUT2D eigenvalue weighted by Gasteiger charge is -2.16. The van der Waals surface area contributed by atoms with E-state index in [0.29, 0.717) is 5.75 Å². The highest BCUT2D eigenvalue weighted by atomic mass is 16.5. The first-order valence-electron chi connectivity index (χ1n) is 8.07. The van der Waals surface area contributed by atoms with Crippen LogP contribution in [0.2, 0.25) is 0 Å². The Hall–Kier alpha value is -3.36. The van der Waals surface area contributed by atoms with E-state index < -0.39 is 17.8 Å². The summed E-state index contributed by atoms with van der Waals surface area (Å²) in [5.74, 6) is -1.81. The van der Waals surface area contributed by atoms with Gasteiger partial charge in [-0.2, -0.15) is 0 Å². The van der Waals surface area contributed by atoms with Crippen LogP contribution >= 0.6 is 0 Å². The Labute approximate surface area is 156 Å². The zero-order valence-electron chi connectivity index (χ0n) is 15.3. The normalized spacial score (nSPS) is 11.4. The zero-order valence-corrected chi connectivity index (χ0v) is 15.3. The fraction of sp³-hybridized carbons (Fsp3) is 0.333. The van der Waals surface area contributed by atoms with Gasteiger partial charge in [0.2, 0.25) is 11.8 Å². The molecular weight excluding hydrogens is 354 g/mol. The zero-order chi connectivity index (χ0) is 19.8. The van der Waals surface area contributed by atoms with Gasteiger partial charge in [0.15, 0.2) is 5.56 Å². The Morgan fingerprint density at radius 1 is 1.07 bits per heavy atom. The minimum Gasteiger partial charge on any atom is -0.496 e. The predicted molar refractivity (Wildman–Crippen MR) is 95.3 cm³/mol. The molecule has 27 heavy (non-hydrogen) atoms. The van der Waals surface area contributed by atoms with Gasteiger partial charge < -0.3 is 24.6 Å². The molecule has 0 bridgehead atoms. The third kappa shape index (κ3) is 4.84. The third-order valence-corrected chi connectivity index (χ3v) is 3.91. The molecule has 1 heterocycles. The van der Waals surface area contributed by atoms with Crippen molar-refractivity contribution in [3.05, 3.63) is 41.7 Å². The molecule has 0 fully saturated rings. The maximum atomic E-state index is 12.5. The number of carboxylic acids is 1. The van der Waals surface area contributed by atoms with Gasteiger partial charge in [-0.05, 0) is 18.1 Å². The highest BCUT2D eigenvalue weighted by Crippen LogP contribution is 2.24. The topological polar surface area (TPSA) is 120 Å². The van der Waals surface area contributed by atoms with Crippen molar-refractivity contribution >= 4 is 11.9 Å². The minimum atomic E-state index is -1.04. The third-order valence-electron chi connectivity index (χ3n) is 3.91. The molecule has 0 aliphatic carbocycles. The van der Waals surface area contributed by atoms with Crippen LogP contribution in [0.1, 0.15) is 15.9 Å². The molecule has 2 aromatic rings. The number of nitrogens with zero attached hydrogens (tertiary/aromatic N) is 2. The van der Waals surface area contributed by atoms with Gasteiger partial charge in [-0.1, -0.05) is 18.2 Å². The van der Waals surface area contributed by atoms with Crippen LogP contribution in [0.4, 0.5) is 0 Å². The summed E-state index contributed by atoms with van der Waals surface area (Å²) in [6, 6.07) is 7.14. The number of ether oxygens (including phenoxy) is 3. The van der Waals surface area contributed by atoms with Crippen molar-refractivity contribution in [1.82, 2.24) is 15.3 Å². The highest BCUT2D eigenvalue weighted by molar-refractivity contribution is 5.98. The molecule has 0 saturated heterocycles. The summed E-state index contributed by atoms with van der Waals surface area (Å²) in [4.78, 5) is 31.9. The number of hydrogen-bond acceptors (Lipinski definition) is 7. The molecule has 0 aliphatic heterocycles. The molecule has 9 nitrogen and oxygen atoms in total. The Bertz CT molecular complexity index is 789. The van der Waals surface area contributed by atoms with Crippen LogP contribution in [0, 0.1) is 5.92 Å². The number of aromatic nitrogens is 2. The predicted octanol–water partition coefficient (Wildman–Crippen LogP) is 1.18. The van der Waals surface area contributed by atoms with E-state index in [9.17, 15) is 14.7 Å². The number of carbonyl (C=O) groups excluding carboxylic acids is 1. The molecule has 1 unspecified atom stereocenters. The van der Waals surface area contributed by atoms with E-state index in [4.69, 9.17) is 14.2 Å². The molecule has 1 atom stereocenters. The number of nitrogens with one attached hydrogen (secondary N) is 1. The van der Waals surface area contributed by atoms with Crippen molar-refractivity contribution in [2.24, 2.45) is 5.92 Å². The highest BCUT2D eigenvalue weighted by Gasteiger charge is 2.25. The Morgan fingerprint density at radius 2 is 1.70 bits per heavy atom. The number of hydrogen-bond donors (Lipinski definition) is 2. The molecule has 144 valence electrons. The fourth-order valence-corrected chi connectivity index (χ4v) is 2.55. The molecule has 2 rings (SSSR count). The van der Waals surface area contributed by atoms with E-state index in [-0.39, 0.29) is 30.3 Å². The number of aliphatic carboxylic acids is 1. The first kappa shape index (κ1) is 20.0. The maximum absolute atomic E-state index is 12.5.